The third-order valence-electron chi connectivity index (χ3n) is 2.29. The average molecular weight is 190 g/mol. The van der Waals surface area contributed by atoms with E-state index >= 15 is 0 Å². The maximum absolute atomic E-state index is 9.36. The SMILES string of the molecule is Cc1nc2ccccc2n1C[C@H](C)O. The van der Waals surface area contributed by atoms with Crippen molar-refractivity contribution in [3.05, 3.63) is 30.1 Å². The van der Waals surface area contributed by atoms with Crippen LogP contribution >= 0.6 is 0 Å². The second-order valence-corrected chi connectivity index (χ2v) is 3.61. The minimum absolute atomic E-state index is 0.341. The lowest BCUT2D eigenvalue weighted by atomic mass is 10.3. The summed E-state index contributed by atoms with van der Waals surface area (Å²) in [5.41, 5.74) is 2.08. The topological polar surface area (TPSA) is 38.0 Å². The Hall–Kier alpha value is -1.35. The van der Waals surface area contributed by atoms with Gasteiger partial charge in [0.2, 0.25) is 0 Å². The number of para-hydroxylation sites is 2. The van der Waals surface area contributed by atoms with E-state index in [-0.39, 0.29) is 6.10 Å². The molecule has 1 aromatic carbocycles. The smallest absolute Gasteiger partial charge is 0.106 e. The van der Waals surface area contributed by atoms with Crippen molar-refractivity contribution in [2.45, 2.75) is 26.5 Å². The molecule has 0 spiro atoms. The van der Waals surface area contributed by atoms with Crippen molar-refractivity contribution >= 4 is 11.0 Å². The molecule has 2 aromatic rings. The van der Waals surface area contributed by atoms with Gasteiger partial charge in [0.1, 0.15) is 5.82 Å². The molecule has 0 aliphatic carbocycles. The summed E-state index contributed by atoms with van der Waals surface area (Å²) in [6.45, 7) is 4.35. The fourth-order valence-corrected chi connectivity index (χ4v) is 1.69. The van der Waals surface area contributed by atoms with Crippen LogP contribution in [0.5, 0.6) is 0 Å². The van der Waals surface area contributed by atoms with Crippen molar-refractivity contribution < 1.29 is 5.11 Å². The largest absolute Gasteiger partial charge is 0.392 e. The Morgan fingerprint density at radius 3 is 2.86 bits per heavy atom. The van der Waals surface area contributed by atoms with E-state index in [1.165, 1.54) is 0 Å². The summed E-state index contributed by atoms with van der Waals surface area (Å²) in [5.74, 6) is 0.951. The highest BCUT2D eigenvalue weighted by atomic mass is 16.3. The first-order chi connectivity index (χ1) is 6.68. The van der Waals surface area contributed by atoms with Crippen LogP contribution in [0.3, 0.4) is 0 Å². The second kappa shape index (κ2) is 3.42. The Balaban J connectivity index is 2.56. The summed E-state index contributed by atoms with van der Waals surface area (Å²) in [6, 6.07) is 7.97. The van der Waals surface area contributed by atoms with Gasteiger partial charge >= 0.3 is 0 Å². The quantitative estimate of drug-likeness (QED) is 0.783. The van der Waals surface area contributed by atoms with Crippen LogP contribution in [0.1, 0.15) is 12.7 Å². The van der Waals surface area contributed by atoms with Gasteiger partial charge < -0.3 is 9.67 Å². The molecule has 0 saturated carbocycles. The lowest BCUT2D eigenvalue weighted by molar-refractivity contribution is 0.174. The summed E-state index contributed by atoms with van der Waals surface area (Å²) >= 11 is 0. The molecule has 1 atom stereocenters. The number of nitrogens with zero attached hydrogens (tertiary/aromatic N) is 2. The van der Waals surface area contributed by atoms with Crippen LogP contribution in [0.2, 0.25) is 0 Å². The molecule has 0 saturated heterocycles. The summed E-state index contributed by atoms with van der Waals surface area (Å²) in [4.78, 5) is 4.42. The summed E-state index contributed by atoms with van der Waals surface area (Å²) in [7, 11) is 0. The standard InChI is InChI=1S/C11H14N2O/c1-8(14)7-13-9(2)12-10-5-3-4-6-11(10)13/h3-6,8,14H,7H2,1-2H3/t8-/m0/s1. The number of hydrogen-bond donors (Lipinski definition) is 1. The van der Waals surface area contributed by atoms with Crippen LogP contribution in [-0.2, 0) is 6.54 Å². The first-order valence-corrected chi connectivity index (χ1v) is 4.78. The predicted octanol–water partition coefficient (Wildman–Crippen LogP) is 1.73. The van der Waals surface area contributed by atoms with E-state index in [0.29, 0.717) is 6.54 Å². The molecule has 0 unspecified atom stereocenters. The van der Waals surface area contributed by atoms with Crippen LogP contribution < -0.4 is 0 Å². The van der Waals surface area contributed by atoms with Gasteiger partial charge in [0, 0.05) is 0 Å². The number of imidazole rings is 1. The minimum atomic E-state index is -0.341. The molecule has 0 radical (unpaired) electrons. The van der Waals surface area contributed by atoms with E-state index in [2.05, 4.69) is 4.98 Å². The van der Waals surface area contributed by atoms with Gasteiger partial charge in [-0.15, -0.1) is 0 Å². The third-order valence-corrected chi connectivity index (χ3v) is 2.29. The number of rotatable bonds is 2. The Bertz CT molecular complexity index is 445. The lowest BCUT2D eigenvalue weighted by Crippen LogP contribution is -2.12. The Morgan fingerprint density at radius 2 is 2.14 bits per heavy atom. The second-order valence-electron chi connectivity index (χ2n) is 3.61. The summed E-state index contributed by atoms with van der Waals surface area (Å²) in [5, 5.41) is 9.36. The highest BCUT2D eigenvalue weighted by Crippen LogP contribution is 2.15. The molecule has 1 heterocycles. The number of fused-ring (bicyclic) bond motifs is 1. The van der Waals surface area contributed by atoms with Gasteiger partial charge in [-0.05, 0) is 26.0 Å². The molecule has 14 heavy (non-hydrogen) atoms. The van der Waals surface area contributed by atoms with Gasteiger partial charge in [0.15, 0.2) is 0 Å². The average Bonchev–Trinajstić information content (AvgIpc) is 2.43. The van der Waals surface area contributed by atoms with Crippen LogP contribution in [-0.4, -0.2) is 20.8 Å². The molecule has 1 aromatic heterocycles. The van der Waals surface area contributed by atoms with Crippen molar-refractivity contribution in [2.24, 2.45) is 0 Å². The molecule has 3 heteroatoms. The molecule has 1 N–H and O–H groups in total. The number of hydrogen-bond acceptors (Lipinski definition) is 2. The molecular formula is C11H14N2O. The van der Waals surface area contributed by atoms with Gasteiger partial charge in [-0.2, -0.15) is 0 Å². The van der Waals surface area contributed by atoms with Crippen molar-refractivity contribution in [3.8, 4) is 0 Å². The van der Waals surface area contributed by atoms with E-state index in [4.69, 9.17) is 0 Å². The zero-order valence-electron chi connectivity index (χ0n) is 8.44. The zero-order valence-corrected chi connectivity index (χ0v) is 8.44. The number of benzene rings is 1. The molecule has 0 aliphatic rings. The maximum Gasteiger partial charge on any atom is 0.106 e. The van der Waals surface area contributed by atoms with E-state index in [9.17, 15) is 5.11 Å². The van der Waals surface area contributed by atoms with E-state index in [0.717, 1.165) is 16.9 Å². The van der Waals surface area contributed by atoms with Crippen LogP contribution in [0.15, 0.2) is 24.3 Å². The number of aliphatic hydroxyl groups is 1. The molecule has 0 aliphatic heterocycles. The Morgan fingerprint density at radius 1 is 1.43 bits per heavy atom. The van der Waals surface area contributed by atoms with Crippen molar-refractivity contribution in [1.82, 2.24) is 9.55 Å². The number of aromatic nitrogens is 2. The van der Waals surface area contributed by atoms with Crippen molar-refractivity contribution in [3.63, 3.8) is 0 Å². The number of aliphatic hydroxyl groups excluding tert-OH is 1. The normalized spacial score (nSPS) is 13.4. The van der Waals surface area contributed by atoms with E-state index < -0.39 is 0 Å². The lowest BCUT2D eigenvalue weighted by Gasteiger charge is -2.08. The molecule has 0 amide bonds. The molecule has 74 valence electrons. The van der Waals surface area contributed by atoms with Gasteiger partial charge in [-0.25, -0.2) is 4.98 Å². The van der Waals surface area contributed by atoms with Gasteiger partial charge in [0.05, 0.1) is 23.7 Å². The number of aryl methyl sites for hydroxylation is 1. The fraction of sp³-hybridized carbons (Fsp3) is 0.364. The first kappa shape index (κ1) is 9.21. The molecule has 3 nitrogen and oxygen atoms in total. The van der Waals surface area contributed by atoms with Gasteiger partial charge in [0.25, 0.3) is 0 Å². The molecule has 0 fully saturated rings. The monoisotopic (exact) mass is 190 g/mol. The van der Waals surface area contributed by atoms with Crippen LogP contribution in [0.25, 0.3) is 11.0 Å². The first-order valence-electron chi connectivity index (χ1n) is 4.78. The van der Waals surface area contributed by atoms with E-state index in [1.54, 1.807) is 6.92 Å². The minimum Gasteiger partial charge on any atom is -0.392 e. The zero-order chi connectivity index (χ0) is 10.1. The summed E-state index contributed by atoms with van der Waals surface area (Å²) < 4.78 is 2.04. The third kappa shape index (κ3) is 1.51. The van der Waals surface area contributed by atoms with Gasteiger partial charge in [-0.3, -0.25) is 0 Å². The molecule has 2 rings (SSSR count). The fourth-order valence-electron chi connectivity index (χ4n) is 1.69. The highest BCUT2D eigenvalue weighted by Gasteiger charge is 2.07. The van der Waals surface area contributed by atoms with Crippen LogP contribution in [0.4, 0.5) is 0 Å². The molecule has 0 bridgehead atoms. The van der Waals surface area contributed by atoms with Crippen LogP contribution in [0, 0.1) is 6.92 Å². The van der Waals surface area contributed by atoms with E-state index in [1.807, 2.05) is 35.8 Å². The Labute approximate surface area is 83.0 Å². The van der Waals surface area contributed by atoms with Crippen molar-refractivity contribution in [2.75, 3.05) is 0 Å². The highest BCUT2D eigenvalue weighted by molar-refractivity contribution is 5.75. The maximum atomic E-state index is 9.36. The summed E-state index contributed by atoms with van der Waals surface area (Å²) in [6.07, 6.45) is -0.341. The van der Waals surface area contributed by atoms with Gasteiger partial charge in [-0.1, -0.05) is 12.1 Å². The predicted molar refractivity (Wildman–Crippen MR) is 56.2 cm³/mol. The molecular weight excluding hydrogens is 176 g/mol. The van der Waals surface area contributed by atoms with Crippen molar-refractivity contribution in [1.29, 1.82) is 0 Å². The Kier molecular flexibility index (Phi) is 2.25.